The molecule has 1 unspecified atom stereocenters. The first kappa shape index (κ1) is 36.0. The Morgan fingerprint density at radius 1 is 0.887 bits per heavy atom. The Morgan fingerprint density at radius 2 is 1.62 bits per heavy atom. The molecular weight excluding hydrogens is 680 g/mol. The van der Waals surface area contributed by atoms with E-state index >= 15 is 4.39 Å². The zero-order valence-electron chi connectivity index (χ0n) is 30.2. The summed E-state index contributed by atoms with van der Waals surface area (Å²) < 4.78 is 48.0. The fraction of sp³-hybridized carbons (Fsp3) is 0.366. The summed E-state index contributed by atoms with van der Waals surface area (Å²) in [4.78, 5) is 41.2. The van der Waals surface area contributed by atoms with Gasteiger partial charge in [-0.25, -0.2) is 13.8 Å². The predicted octanol–water partition coefficient (Wildman–Crippen LogP) is 6.55. The quantitative estimate of drug-likeness (QED) is 0.134. The SMILES string of the molecule is COc1cc(C(=O)N2CCC(CCN3CCC(C(=O)c4nc5ccccc5n4Cc4ccccn4)CC3)(c3ccc(F)cc3F)C2)cc(OC)c1OC. The first-order valence-corrected chi connectivity index (χ1v) is 17.9. The van der Waals surface area contributed by atoms with Gasteiger partial charge in [-0.1, -0.05) is 24.3 Å². The molecule has 2 aliphatic rings. The maximum atomic E-state index is 15.5. The molecule has 276 valence electrons. The van der Waals surface area contributed by atoms with Gasteiger partial charge in [0.05, 0.1) is 44.6 Å². The van der Waals surface area contributed by atoms with Gasteiger partial charge in [0, 0.05) is 42.2 Å². The van der Waals surface area contributed by atoms with Crippen LogP contribution in [-0.4, -0.2) is 90.1 Å². The van der Waals surface area contributed by atoms with Crippen molar-refractivity contribution >= 4 is 22.7 Å². The number of carbonyl (C=O) groups excluding carboxylic acids is 2. The van der Waals surface area contributed by atoms with E-state index in [1.54, 1.807) is 23.2 Å². The molecule has 5 aromatic rings. The Labute approximate surface area is 307 Å². The van der Waals surface area contributed by atoms with Crippen LogP contribution in [0.2, 0.25) is 0 Å². The largest absolute Gasteiger partial charge is 0.493 e. The number of benzene rings is 3. The molecule has 0 aliphatic carbocycles. The lowest BCUT2D eigenvalue weighted by molar-refractivity contribution is 0.0777. The Bertz CT molecular complexity index is 2090. The lowest BCUT2D eigenvalue weighted by Gasteiger charge is -2.36. The summed E-state index contributed by atoms with van der Waals surface area (Å²) in [5.41, 5.74) is 2.54. The second kappa shape index (κ2) is 15.3. The number of rotatable bonds is 12. The van der Waals surface area contributed by atoms with E-state index in [-0.39, 0.29) is 24.2 Å². The highest BCUT2D eigenvalue weighted by Crippen LogP contribution is 2.42. The average molecular weight is 724 g/mol. The average Bonchev–Trinajstić information content (AvgIpc) is 3.79. The number of nitrogens with zero attached hydrogens (tertiary/aromatic N) is 5. The van der Waals surface area contributed by atoms with Gasteiger partial charge in [-0.05, 0) is 93.3 Å². The van der Waals surface area contributed by atoms with Gasteiger partial charge in [0.1, 0.15) is 11.6 Å². The molecule has 0 bridgehead atoms. The van der Waals surface area contributed by atoms with Gasteiger partial charge in [0.25, 0.3) is 5.91 Å². The first-order chi connectivity index (χ1) is 25.7. The molecule has 0 spiro atoms. The molecule has 0 radical (unpaired) electrons. The van der Waals surface area contributed by atoms with E-state index in [1.165, 1.54) is 33.5 Å². The van der Waals surface area contributed by atoms with Crippen molar-refractivity contribution in [3.05, 3.63) is 113 Å². The maximum absolute atomic E-state index is 15.5. The lowest BCUT2D eigenvalue weighted by atomic mass is 9.76. The zero-order valence-corrected chi connectivity index (χ0v) is 30.2. The third-order valence-electron chi connectivity index (χ3n) is 10.8. The van der Waals surface area contributed by atoms with Crippen LogP contribution in [0.15, 0.2) is 79.0 Å². The van der Waals surface area contributed by atoms with Crippen LogP contribution in [0.3, 0.4) is 0 Å². The summed E-state index contributed by atoms with van der Waals surface area (Å²) in [5, 5.41) is 0. The van der Waals surface area contributed by atoms with Crippen molar-refractivity contribution in [2.24, 2.45) is 5.92 Å². The molecule has 0 N–H and O–H groups in total. The Balaban J connectivity index is 1.06. The van der Waals surface area contributed by atoms with Crippen molar-refractivity contribution in [1.29, 1.82) is 0 Å². The molecule has 1 amide bonds. The molecule has 4 heterocycles. The fourth-order valence-corrected chi connectivity index (χ4v) is 7.96. The molecule has 2 aliphatic heterocycles. The van der Waals surface area contributed by atoms with Gasteiger partial charge in [-0.3, -0.25) is 14.6 Å². The van der Waals surface area contributed by atoms with Crippen LogP contribution in [0.1, 0.15) is 57.9 Å². The number of halogens is 2. The van der Waals surface area contributed by atoms with Gasteiger partial charge < -0.3 is 28.6 Å². The molecule has 2 saturated heterocycles. The molecule has 2 aromatic heterocycles. The molecule has 12 heteroatoms. The van der Waals surface area contributed by atoms with Crippen molar-refractivity contribution in [2.45, 2.75) is 37.6 Å². The van der Waals surface area contributed by atoms with E-state index in [1.807, 2.05) is 47.0 Å². The molecular formula is C41H43F2N5O5. The Hall–Kier alpha value is -5.36. The van der Waals surface area contributed by atoms with Crippen LogP contribution < -0.4 is 14.2 Å². The minimum Gasteiger partial charge on any atom is -0.493 e. The number of Topliss-reactive ketones (excluding diaryl/α,β-unsaturated/α-hetero) is 1. The molecule has 7 rings (SSSR count). The fourth-order valence-electron chi connectivity index (χ4n) is 7.96. The number of imidazole rings is 1. The molecule has 53 heavy (non-hydrogen) atoms. The first-order valence-electron chi connectivity index (χ1n) is 17.9. The Morgan fingerprint density at radius 3 is 2.30 bits per heavy atom. The number of pyridine rings is 1. The van der Waals surface area contributed by atoms with E-state index in [9.17, 15) is 14.0 Å². The standard InChI is InChI=1S/C41H43F2N5O5/c1-51-35-22-28(23-36(52-2)38(35)53-3)40(50)47-21-16-41(26-47,31-12-11-29(42)24-32(31)43)15-20-46-18-13-27(14-19-46)37(49)39-45-33-9-4-5-10-34(33)48(39)25-30-8-6-7-17-44-30/h4-12,17,22-24,27H,13-16,18-21,25-26H2,1-3H3. The zero-order chi connectivity index (χ0) is 37.1. The van der Waals surface area contributed by atoms with E-state index in [2.05, 4.69) is 9.88 Å². The van der Waals surface area contributed by atoms with Gasteiger partial charge in [-0.2, -0.15) is 0 Å². The topological polar surface area (TPSA) is 99.0 Å². The highest BCUT2D eigenvalue weighted by atomic mass is 19.1. The number of carbonyl (C=O) groups is 2. The third-order valence-corrected chi connectivity index (χ3v) is 10.8. The second-order valence-corrected chi connectivity index (χ2v) is 13.9. The highest BCUT2D eigenvalue weighted by Gasteiger charge is 2.44. The van der Waals surface area contributed by atoms with Crippen LogP contribution in [0.4, 0.5) is 8.78 Å². The molecule has 0 saturated carbocycles. The van der Waals surface area contributed by atoms with Crippen LogP contribution in [0, 0.1) is 17.6 Å². The van der Waals surface area contributed by atoms with Crippen LogP contribution in [-0.2, 0) is 12.0 Å². The third kappa shape index (κ3) is 7.20. The lowest BCUT2D eigenvalue weighted by Crippen LogP contribution is -2.41. The number of ketones is 1. The van der Waals surface area contributed by atoms with Crippen LogP contribution in [0.25, 0.3) is 11.0 Å². The van der Waals surface area contributed by atoms with Crippen molar-refractivity contribution < 1.29 is 32.6 Å². The predicted molar refractivity (Wildman–Crippen MR) is 196 cm³/mol. The molecule has 1 atom stereocenters. The number of piperidine rings is 1. The van der Waals surface area contributed by atoms with Crippen molar-refractivity contribution in [2.75, 3.05) is 54.1 Å². The second-order valence-electron chi connectivity index (χ2n) is 13.9. The number of amides is 1. The van der Waals surface area contributed by atoms with Crippen LogP contribution >= 0.6 is 0 Å². The van der Waals surface area contributed by atoms with Gasteiger partial charge in [0.15, 0.2) is 17.3 Å². The summed E-state index contributed by atoms with van der Waals surface area (Å²) >= 11 is 0. The smallest absolute Gasteiger partial charge is 0.254 e. The monoisotopic (exact) mass is 723 g/mol. The van der Waals surface area contributed by atoms with Crippen molar-refractivity contribution in [3.63, 3.8) is 0 Å². The number of hydrogen-bond acceptors (Lipinski definition) is 8. The van der Waals surface area contributed by atoms with Crippen LogP contribution in [0.5, 0.6) is 17.2 Å². The van der Waals surface area contributed by atoms with E-state index in [4.69, 9.17) is 19.2 Å². The number of fused-ring (bicyclic) bond motifs is 1. The van der Waals surface area contributed by atoms with Crippen molar-refractivity contribution in [1.82, 2.24) is 24.3 Å². The van der Waals surface area contributed by atoms with E-state index in [0.29, 0.717) is 92.6 Å². The number of para-hydroxylation sites is 2. The minimum atomic E-state index is -0.739. The number of likely N-dealkylation sites (tertiary alicyclic amines) is 2. The molecule has 3 aromatic carbocycles. The Kier molecular flexibility index (Phi) is 10.4. The summed E-state index contributed by atoms with van der Waals surface area (Å²) in [6.45, 7) is 3.10. The number of aromatic nitrogens is 3. The van der Waals surface area contributed by atoms with Gasteiger partial charge >= 0.3 is 0 Å². The normalized spacial score (nSPS) is 18.0. The summed E-state index contributed by atoms with van der Waals surface area (Å²) in [6.07, 6.45) is 4.13. The minimum absolute atomic E-state index is 0.0263. The number of methoxy groups -OCH3 is 3. The summed E-state index contributed by atoms with van der Waals surface area (Å²) in [7, 11) is 4.47. The van der Waals surface area contributed by atoms with E-state index in [0.717, 1.165) is 22.8 Å². The number of ether oxygens (including phenoxy) is 3. The maximum Gasteiger partial charge on any atom is 0.254 e. The van der Waals surface area contributed by atoms with Crippen molar-refractivity contribution in [3.8, 4) is 17.2 Å². The van der Waals surface area contributed by atoms with E-state index < -0.39 is 17.0 Å². The molecule has 2 fully saturated rings. The van der Waals surface area contributed by atoms with Gasteiger partial charge in [0.2, 0.25) is 11.5 Å². The molecule has 10 nitrogen and oxygen atoms in total. The summed E-state index contributed by atoms with van der Waals surface area (Å²) in [6, 6.07) is 20.5. The van der Waals surface area contributed by atoms with Gasteiger partial charge in [-0.15, -0.1) is 0 Å². The number of hydrogen-bond donors (Lipinski definition) is 0. The highest BCUT2D eigenvalue weighted by molar-refractivity contribution is 5.98. The summed E-state index contributed by atoms with van der Waals surface area (Å²) in [5.74, 6) is -0.133.